The Kier molecular flexibility index (Phi) is 6.94. The van der Waals surface area contributed by atoms with E-state index in [1.165, 1.54) is 0 Å². The molecule has 0 amide bonds. The number of carbonyl (C=O) groups is 1. The SMILES string of the molecule is CC(C)OC(=O)C1CCC(CN)CC1.Cl. The Morgan fingerprint density at radius 1 is 1.33 bits per heavy atom. The average Bonchev–Trinajstić information content (AvgIpc) is 2.17. The number of hydrogen-bond donors (Lipinski definition) is 1. The van der Waals surface area contributed by atoms with Gasteiger partial charge in [-0.05, 0) is 52.0 Å². The third-order valence-corrected chi connectivity index (χ3v) is 2.87. The molecule has 0 heterocycles. The highest BCUT2D eigenvalue weighted by Crippen LogP contribution is 2.29. The maximum atomic E-state index is 11.6. The topological polar surface area (TPSA) is 52.3 Å². The third-order valence-electron chi connectivity index (χ3n) is 2.87. The number of carbonyl (C=O) groups excluding carboxylic acids is 1. The molecule has 1 rings (SSSR count). The summed E-state index contributed by atoms with van der Waals surface area (Å²) in [6, 6.07) is 0. The van der Waals surface area contributed by atoms with Crippen LogP contribution in [0.25, 0.3) is 0 Å². The first-order valence-electron chi connectivity index (χ1n) is 5.54. The van der Waals surface area contributed by atoms with E-state index in [9.17, 15) is 4.79 Å². The van der Waals surface area contributed by atoms with Gasteiger partial charge in [0.1, 0.15) is 0 Å². The lowest BCUT2D eigenvalue weighted by molar-refractivity contribution is -0.153. The van der Waals surface area contributed by atoms with E-state index >= 15 is 0 Å². The van der Waals surface area contributed by atoms with Gasteiger partial charge in [0.15, 0.2) is 0 Å². The fourth-order valence-corrected chi connectivity index (χ4v) is 1.96. The number of halogens is 1. The second-order valence-electron chi connectivity index (χ2n) is 4.44. The van der Waals surface area contributed by atoms with E-state index in [2.05, 4.69) is 0 Å². The summed E-state index contributed by atoms with van der Waals surface area (Å²) in [6.45, 7) is 4.54. The molecule has 0 atom stereocenters. The smallest absolute Gasteiger partial charge is 0.309 e. The second kappa shape index (κ2) is 7.07. The zero-order valence-electron chi connectivity index (χ0n) is 9.57. The van der Waals surface area contributed by atoms with Gasteiger partial charge in [-0.25, -0.2) is 0 Å². The van der Waals surface area contributed by atoms with Crippen LogP contribution >= 0.6 is 12.4 Å². The Morgan fingerprint density at radius 2 is 1.87 bits per heavy atom. The number of esters is 1. The van der Waals surface area contributed by atoms with Gasteiger partial charge in [0, 0.05) is 0 Å². The van der Waals surface area contributed by atoms with Gasteiger partial charge >= 0.3 is 5.97 Å². The van der Waals surface area contributed by atoms with Gasteiger partial charge < -0.3 is 10.5 Å². The van der Waals surface area contributed by atoms with Crippen LogP contribution in [0.1, 0.15) is 39.5 Å². The molecule has 1 saturated carbocycles. The van der Waals surface area contributed by atoms with Crippen LogP contribution < -0.4 is 5.73 Å². The van der Waals surface area contributed by atoms with Gasteiger partial charge in [0.25, 0.3) is 0 Å². The summed E-state index contributed by atoms with van der Waals surface area (Å²) < 4.78 is 5.19. The van der Waals surface area contributed by atoms with E-state index in [1.54, 1.807) is 0 Å². The zero-order valence-corrected chi connectivity index (χ0v) is 10.4. The summed E-state index contributed by atoms with van der Waals surface area (Å²) in [4.78, 5) is 11.6. The zero-order chi connectivity index (χ0) is 10.6. The molecule has 1 aliphatic rings. The molecule has 0 spiro atoms. The minimum Gasteiger partial charge on any atom is -0.463 e. The summed E-state index contributed by atoms with van der Waals surface area (Å²) in [5.41, 5.74) is 5.59. The summed E-state index contributed by atoms with van der Waals surface area (Å²) in [5, 5.41) is 0. The van der Waals surface area contributed by atoms with Crippen molar-refractivity contribution >= 4 is 18.4 Å². The van der Waals surface area contributed by atoms with Crippen molar-refractivity contribution in [1.82, 2.24) is 0 Å². The van der Waals surface area contributed by atoms with Gasteiger partial charge in [-0.1, -0.05) is 0 Å². The molecule has 90 valence electrons. The highest BCUT2D eigenvalue weighted by molar-refractivity contribution is 5.85. The minimum atomic E-state index is -0.0181. The van der Waals surface area contributed by atoms with Crippen molar-refractivity contribution in [3.63, 3.8) is 0 Å². The fraction of sp³-hybridized carbons (Fsp3) is 0.909. The van der Waals surface area contributed by atoms with Crippen molar-refractivity contribution in [2.24, 2.45) is 17.6 Å². The average molecular weight is 236 g/mol. The predicted molar refractivity (Wildman–Crippen MR) is 63.0 cm³/mol. The molecule has 1 fully saturated rings. The summed E-state index contributed by atoms with van der Waals surface area (Å²) >= 11 is 0. The predicted octanol–water partition coefficient (Wildman–Crippen LogP) is 2.12. The molecule has 4 heteroatoms. The van der Waals surface area contributed by atoms with Crippen LogP contribution in [0.5, 0.6) is 0 Å². The van der Waals surface area contributed by atoms with Crippen molar-refractivity contribution in [2.75, 3.05) is 6.54 Å². The molecule has 0 unspecified atom stereocenters. The molecule has 1 aliphatic carbocycles. The quantitative estimate of drug-likeness (QED) is 0.763. The molecule has 0 saturated heterocycles. The van der Waals surface area contributed by atoms with Crippen LogP contribution in [0.3, 0.4) is 0 Å². The maximum Gasteiger partial charge on any atom is 0.309 e. The Hall–Kier alpha value is -0.280. The maximum absolute atomic E-state index is 11.6. The summed E-state index contributed by atoms with van der Waals surface area (Å²) in [7, 11) is 0. The fourth-order valence-electron chi connectivity index (χ4n) is 1.96. The number of nitrogens with two attached hydrogens (primary N) is 1. The molecule has 0 aliphatic heterocycles. The first-order valence-corrected chi connectivity index (χ1v) is 5.54. The van der Waals surface area contributed by atoms with Crippen molar-refractivity contribution in [3.8, 4) is 0 Å². The van der Waals surface area contributed by atoms with E-state index < -0.39 is 0 Å². The van der Waals surface area contributed by atoms with Gasteiger partial charge in [-0.3, -0.25) is 4.79 Å². The van der Waals surface area contributed by atoms with Gasteiger partial charge in [-0.15, -0.1) is 12.4 Å². The molecule has 0 bridgehead atoms. The third kappa shape index (κ3) is 4.85. The van der Waals surface area contributed by atoms with Gasteiger partial charge in [0.05, 0.1) is 12.0 Å². The first kappa shape index (κ1) is 14.7. The number of ether oxygens (including phenoxy) is 1. The largest absolute Gasteiger partial charge is 0.463 e. The van der Waals surface area contributed by atoms with E-state index in [-0.39, 0.29) is 30.4 Å². The van der Waals surface area contributed by atoms with Crippen molar-refractivity contribution in [3.05, 3.63) is 0 Å². The molecular formula is C11H22ClNO2. The monoisotopic (exact) mass is 235 g/mol. The molecule has 0 aromatic heterocycles. The van der Waals surface area contributed by atoms with E-state index in [0.717, 1.165) is 32.2 Å². The highest BCUT2D eigenvalue weighted by atomic mass is 35.5. The van der Waals surface area contributed by atoms with E-state index in [0.29, 0.717) is 5.92 Å². The van der Waals surface area contributed by atoms with Crippen LogP contribution in [0.15, 0.2) is 0 Å². The van der Waals surface area contributed by atoms with Crippen LogP contribution in [0, 0.1) is 11.8 Å². The molecule has 0 aromatic rings. The van der Waals surface area contributed by atoms with Crippen molar-refractivity contribution < 1.29 is 9.53 Å². The number of hydrogen-bond acceptors (Lipinski definition) is 3. The normalized spacial score (nSPS) is 25.9. The Morgan fingerprint density at radius 3 is 2.27 bits per heavy atom. The Bertz CT molecular complexity index is 189. The minimum absolute atomic E-state index is 0. The molecular weight excluding hydrogens is 214 g/mol. The van der Waals surface area contributed by atoms with E-state index in [4.69, 9.17) is 10.5 Å². The van der Waals surface area contributed by atoms with Gasteiger partial charge in [0.2, 0.25) is 0 Å². The molecule has 3 nitrogen and oxygen atoms in total. The lowest BCUT2D eigenvalue weighted by atomic mass is 9.82. The molecule has 15 heavy (non-hydrogen) atoms. The molecule has 0 aromatic carbocycles. The Balaban J connectivity index is 0.00000196. The van der Waals surface area contributed by atoms with Crippen LogP contribution in [0.2, 0.25) is 0 Å². The first-order chi connectivity index (χ1) is 6.63. The van der Waals surface area contributed by atoms with E-state index in [1.807, 2.05) is 13.8 Å². The van der Waals surface area contributed by atoms with Crippen molar-refractivity contribution in [2.45, 2.75) is 45.6 Å². The summed E-state index contributed by atoms with van der Waals surface area (Å²) in [6.07, 6.45) is 4.07. The lowest BCUT2D eigenvalue weighted by Gasteiger charge is -2.26. The van der Waals surface area contributed by atoms with Crippen LogP contribution in [-0.2, 0) is 9.53 Å². The number of rotatable bonds is 3. The lowest BCUT2D eigenvalue weighted by Crippen LogP contribution is -2.28. The standard InChI is InChI=1S/C11H21NO2.ClH/c1-8(2)14-11(13)10-5-3-9(7-12)4-6-10;/h8-10H,3-7,12H2,1-2H3;1H. The molecule has 0 radical (unpaired) electrons. The van der Waals surface area contributed by atoms with Gasteiger partial charge in [-0.2, -0.15) is 0 Å². The summed E-state index contributed by atoms with van der Waals surface area (Å²) in [5.74, 6) is 0.730. The second-order valence-corrected chi connectivity index (χ2v) is 4.44. The van der Waals surface area contributed by atoms with Crippen LogP contribution in [0.4, 0.5) is 0 Å². The van der Waals surface area contributed by atoms with Crippen LogP contribution in [-0.4, -0.2) is 18.6 Å². The highest BCUT2D eigenvalue weighted by Gasteiger charge is 2.26. The van der Waals surface area contributed by atoms with Crippen molar-refractivity contribution in [1.29, 1.82) is 0 Å². The Labute approximate surface area is 98.2 Å². The molecule has 2 N–H and O–H groups in total.